The van der Waals surface area contributed by atoms with Crippen LogP contribution in [0.4, 0.5) is 5.69 Å². The Bertz CT molecular complexity index is 382. The lowest BCUT2D eigenvalue weighted by Crippen LogP contribution is -2.25. The van der Waals surface area contributed by atoms with Gasteiger partial charge < -0.3 is 16.6 Å². The number of aromatic nitrogens is 1. The van der Waals surface area contributed by atoms with Crippen molar-refractivity contribution in [3.8, 4) is 5.88 Å². The quantitative estimate of drug-likeness (QED) is 0.420. The number of primary amides is 1. The topological polar surface area (TPSA) is 122 Å². The van der Waals surface area contributed by atoms with Gasteiger partial charge in [0.2, 0.25) is 0 Å². The molecule has 0 aliphatic carbocycles. The van der Waals surface area contributed by atoms with E-state index in [1.807, 2.05) is 4.98 Å². The first kappa shape index (κ1) is 8.12. The largest absolute Gasteiger partial charge is 0.494 e. The number of pyridine rings is 1. The zero-order chi connectivity index (χ0) is 9.30. The van der Waals surface area contributed by atoms with Gasteiger partial charge in [0.05, 0.1) is 5.69 Å². The third-order valence-corrected chi connectivity index (χ3v) is 1.30. The summed E-state index contributed by atoms with van der Waals surface area (Å²) < 4.78 is 0. The Kier molecular flexibility index (Phi) is 1.74. The Hall–Kier alpha value is -1.98. The maximum Gasteiger partial charge on any atom is 0.265 e. The zero-order valence-electron chi connectivity index (χ0n) is 6.00. The normalized spacial score (nSPS) is 9.67. The molecule has 1 aromatic rings. The van der Waals surface area contributed by atoms with Crippen molar-refractivity contribution < 1.29 is 9.90 Å². The van der Waals surface area contributed by atoms with Crippen LogP contribution in [0, 0.1) is 0 Å². The van der Waals surface area contributed by atoms with Crippen LogP contribution in [-0.4, -0.2) is 16.0 Å². The summed E-state index contributed by atoms with van der Waals surface area (Å²) in [5, 5.41) is 8.81. The van der Waals surface area contributed by atoms with Crippen LogP contribution in [0.3, 0.4) is 0 Å². The molecular weight excluding hydrogens is 162 g/mol. The van der Waals surface area contributed by atoms with Crippen molar-refractivity contribution in [1.82, 2.24) is 4.98 Å². The molecule has 0 bridgehead atoms. The van der Waals surface area contributed by atoms with Crippen molar-refractivity contribution in [1.29, 1.82) is 0 Å². The molecule has 1 aromatic heterocycles. The molecule has 0 fully saturated rings. The first-order valence-corrected chi connectivity index (χ1v) is 3.04. The van der Waals surface area contributed by atoms with E-state index >= 15 is 0 Å². The summed E-state index contributed by atoms with van der Waals surface area (Å²) in [6.07, 6.45) is 0. The summed E-state index contributed by atoms with van der Waals surface area (Å²) in [6, 6.07) is 1.04. The summed E-state index contributed by atoms with van der Waals surface area (Å²) in [7, 11) is 0. The molecule has 12 heavy (non-hydrogen) atoms. The van der Waals surface area contributed by atoms with E-state index in [1.54, 1.807) is 0 Å². The maximum absolute atomic E-state index is 10.9. The second-order valence-electron chi connectivity index (χ2n) is 2.18. The minimum absolute atomic E-state index is 0.135. The van der Waals surface area contributed by atoms with Crippen LogP contribution in [0.25, 0.3) is 0 Å². The molecule has 0 aromatic carbocycles. The number of nitrogens with one attached hydrogen (secondary N) is 1. The van der Waals surface area contributed by atoms with Crippen LogP contribution in [-0.2, 0) is 0 Å². The lowest BCUT2D eigenvalue weighted by molar-refractivity contribution is 0.0999. The van der Waals surface area contributed by atoms with Gasteiger partial charge in [0, 0.05) is 6.07 Å². The third-order valence-electron chi connectivity index (χ3n) is 1.30. The molecule has 0 saturated heterocycles. The molecule has 6 heteroatoms. The maximum atomic E-state index is 10.9. The van der Waals surface area contributed by atoms with Gasteiger partial charge >= 0.3 is 0 Å². The fourth-order valence-electron chi connectivity index (χ4n) is 0.820. The van der Waals surface area contributed by atoms with Crippen molar-refractivity contribution in [3.05, 3.63) is 22.0 Å². The van der Waals surface area contributed by atoms with Crippen LogP contribution in [0.15, 0.2) is 10.9 Å². The molecule has 0 aliphatic heterocycles. The minimum atomic E-state index is -0.922. The van der Waals surface area contributed by atoms with Crippen molar-refractivity contribution in [2.24, 2.45) is 5.73 Å². The second kappa shape index (κ2) is 2.57. The van der Waals surface area contributed by atoms with Crippen molar-refractivity contribution in [2.45, 2.75) is 0 Å². The van der Waals surface area contributed by atoms with Gasteiger partial charge in [-0.05, 0) is 0 Å². The molecule has 0 aliphatic rings. The third kappa shape index (κ3) is 1.22. The first-order chi connectivity index (χ1) is 5.52. The van der Waals surface area contributed by atoms with Gasteiger partial charge in [-0.15, -0.1) is 0 Å². The van der Waals surface area contributed by atoms with Crippen LogP contribution in [0.1, 0.15) is 10.4 Å². The van der Waals surface area contributed by atoms with Gasteiger partial charge in [0.15, 0.2) is 5.88 Å². The van der Waals surface area contributed by atoms with Crippen molar-refractivity contribution in [3.63, 3.8) is 0 Å². The lowest BCUT2D eigenvalue weighted by atomic mass is 10.2. The van der Waals surface area contributed by atoms with E-state index in [9.17, 15) is 9.59 Å². The van der Waals surface area contributed by atoms with Gasteiger partial charge in [-0.1, -0.05) is 0 Å². The highest BCUT2D eigenvalue weighted by atomic mass is 16.3. The summed E-state index contributed by atoms with van der Waals surface area (Å²) >= 11 is 0. The average molecular weight is 169 g/mol. The van der Waals surface area contributed by atoms with Crippen LogP contribution in [0.2, 0.25) is 0 Å². The lowest BCUT2D eigenvalue weighted by Gasteiger charge is -1.99. The number of nitrogens with two attached hydrogens (primary N) is 2. The van der Waals surface area contributed by atoms with Crippen LogP contribution < -0.4 is 17.0 Å². The standard InChI is InChI=1S/C6H7N3O3/c7-2-1-3(10)9-6(12)4(2)5(8)11/h1H,(H2,8,11)(H4,7,9,10,12). The smallest absolute Gasteiger partial charge is 0.265 e. The number of anilines is 1. The van der Waals surface area contributed by atoms with E-state index in [0.29, 0.717) is 0 Å². The molecule has 0 radical (unpaired) electrons. The van der Waals surface area contributed by atoms with Gasteiger partial charge in [-0.2, -0.15) is 0 Å². The highest BCUT2D eigenvalue weighted by Crippen LogP contribution is 2.10. The second-order valence-corrected chi connectivity index (χ2v) is 2.18. The number of hydrogen-bond acceptors (Lipinski definition) is 4. The Labute approximate surface area is 66.8 Å². The van der Waals surface area contributed by atoms with Gasteiger partial charge in [0.25, 0.3) is 11.5 Å². The monoisotopic (exact) mass is 169 g/mol. The SMILES string of the molecule is NC(=O)c1c(N)cc(O)[nH]c1=O. The number of hydrogen-bond donors (Lipinski definition) is 4. The number of amides is 1. The zero-order valence-corrected chi connectivity index (χ0v) is 6.00. The number of rotatable bonds is 1. The molecule has 1 heterocycles. The Morgan fingerprint density at radius 2 is 2.17 bits per heavy atom. The predicted molar refractivity (Wildman–Crippen MR) is 41.7 cm³/mol. The Morgan fingerprint density at radius 1 is 1.58 bits per heavy atom. The molecule has 6 nitrogen and oxygen atoms in total. The van der Waals surface area contributed by atoms with Gasteiger partial charge in [0.1, 0.15) is 5.56 Å². The van der Waals surface area contributed by atoms with Gasteiger partial charge in [-0.25, -0.2) is 0 Å². The molecule has 1 rings (SSSR count). The van der Waals surface area contributed by atoms with Crippen molar-refractivity contribution >= 4 is 11.6 Å². The number of carbonyl (C=O) groups is 1. The number of aromatic hydroxyl groups is 1. The molecule has 0 spiro atoms. The van der Waals surface area contributed by atoms with E-state index in [4.69, 9.17) is 16.6 Å². The van der Waals surface area contributed by atoms with Crippen LogP contribution in [0.5, 0.6) is 5.88 Å². The highest BCUT2D eigenvalue weighted by molar-refractivity contribution is 5.97. The molecule has 1 amide bonds. The molecule has 0 atom stereocenters. The number of nitrogen functional groups attached to an aromatic ring is 1. The Morgan fingerprint density at radius 3 is 2.58 bits per heavy atom. The van der Waals surface area contributed by atoms with E-state index in [2.05, 4.69) is 0 Å². The van der Waals surface area contributed by atoms with E-state index < -0.39 is 17.3 Å². The summed E-state index contributed by atoms with van der Waals surface area (Å²) in [6.45, 7) is 0. The Balaban J connectivity index is 3.49. The molecule has 6 N–H and O–H groups in total. The summed E-state index contributed by atoms with van der Waals surface area (Å²) in [4.78, 5) is 23.5. The van der Waals surface area contributed by atoms with Crippen molar-refractivity contribution in [2.75, 3.05) is 5.73 Å². The first-order valence-electron chi connectivity index (χ1n) is 3.04. The van der Waals surface area contributed by atoms with E-state index in [1.165, 1.54) is 0 Å². The molecule has 0 unspecified atom stereocenters. The summed E-state index contributed by atoms with van der Waals surface area (Å²) in [5.41, 5.74) is 8.82. The number of H-pyrrole nitrogens is 1. The van der Waals surface area contributed by atoms with E-state index in [-0.39, 0.29) is 11.3 Å². The summed E-state index contributed by atoms with van der Waals surface area (Å²) in [5.74, 6) is -1.32. The van der Waals surface area contributed by atoms with E-state index in [0.717, 1.165) is 6.07 Å². The van der Waals surface area contributed by atoms with Gasteiger partial charge in [-0.3, -0.25) is 14.6 Å². The van der Waals surface area contributed by atoms with Crippen LogP contribution >= 0.6 is 0 Å². The molecule has 0 saturated carbocycles. The fourth-order valence-corrected chi connectivity index (χ4v) is 0.820. The number of aromatic amines is 1. The minimum Gasteiger partial charge on any atom is -0.494 e. The molecular formula is C6H7N3O3. The highest BCUT2D eigenvalue weighted by Gasteiger charge is 2.11. The molecule has 64 valence electrons. The number of carbonyl (C=O) groups excluding carboxylic acids is 1. The fraction of sp³-hybridized carbons (Fsp3) is 0. The average Bonchev–Trinajstić information content (AvgIpc) is 1.82. The predicted octanol–water partition coefficient (Wildman–Crippen LogP) is -1.24.